The SMILES string of the molecule is O=C(O)Cn1cccc1C(=O)N1CCc2ccc(F)cc21. The van der Waals surface area contributed by atoms with Crippen molar-refractivity contribution in [1.29, 1.82) is 0 Å². The number of aliphatic carboxylic acids is 1. The van der Waals surface area contributed by atoms with Gasteiger partial charge >= 0.3 is 5.97 Å². The van der Waals surface area contributed by atoms with Crippen molar-refractivity contribution in [3.05, 3.63) is 53.6 Å². The summed E-state index contributed by atoms with van der Waals surface area (Å²) in [6, 6.07) is 7.58. The average molecular weight is 288 g/mol. The maximum absolute atomic E-state index is 13.4. The van der Waals surface area contributed by atoms with Crippen LogP contribution in [0.4, 0.5) is 10.1 Å². The number of amides is 1. The maximum Gasteiger partial charge on any atom is 0.323 e. The third-order valence-electron chi connectivity index (χ3n) is 3.54. The van der Waals surface area contributed by atoms with Gasteiger partial charge in [0.1, 0.15) is 18.1 Å². The zero-order valence-corrected chi connectivity index (χ0v) is 11.1. The van der Waals surface area contributed by atoms with Crippen molar-refractivity contribution in [3.8, 4) is 0 Å². The van der Waals surface area contributed by atoms with E-state index in [-0.39, 0.29) is 18.1 Å². The molecule has 21 heavy (non-hydrogen) atoms. The van der Waals surface area contributed by atoms with Crippen LogP contribution in [-0.2, 0) is 17.8 Å². The van der Waals surface area contributed by atoms with Gasteiger partial charge < -0.3 is 14.6 Å². The first-order valence-electron chi connectivity index (χ1n) is 6.53. The molecule has 0 radical (unpaired) electrons. The van der Waals surface area contributed by atoms with E-state index in [4.69, 9.17) is 5.11 Å². The Morgan fingerprint density at radius 1 is 1.29 bits per heavy atom. The van der Waals surface area contributed by atoms with Gasteiger partial charge in [-0.05, 0) is 36.2 Å². The lowest BCUT2D eigenvalue weighted by Gasteiger charge is -2.18. The number of carbonyl (C=O) groups is 2. The number of aromatic nitrogens is 1. The minimum Gasteiger partial charge on any atom is -0.480 e. The largest absolute Gasteiger partial charge is 0.480 e. The molecule has 0 saturated carbocycles. The molecular weight excluding hydrogens is 275 g/mol. The van der Waals surface area contributed by atoms with Crippen LogP contribution in [-0.4, -0.2) is 28.1 Å². The number of rotatable bonds is 3. The Morgan fingerprint density at radius 2 is 2.10 bits per heavy atom. The molecule has 1 aromatic carbocycles. The van der Waals surface area contributed by atoms with Gasteiger partial charge in [-0.3, -0.25) is 9.59 Å². The third kappa shape index (κ3) is 2.40. The van der Waals surface area contributed by atoms with Gasteiger partial charge in [0.2, 0.25) is 0 Å². The summed E-state index contributed by atoms with van der Waals surface area (Å²) < 4.78 is 14.7. The van der Waals surface area contributed by atoms with Crippen molar-refractivity contribution in [2.45, 2.75) is 13.0 Å². The second kappa shape index (κ2) is 5.05. The molecule has 1 amide bonds. The van der Waals surface area contributed by atoms with E-state index in [1.807, 2.05) is 0 Å². The Hall–Kier alpha value is -2.63. The van der Waals surface area contributed by atoms with Crippen LogP contribution in [0.1, 0.15) is 16.1 Å². The number of nitrogens with zero attached hydrogens (tertiary/aromatic N) is 2. The monoisotopic (exact) mass is 288 g/mol. The molecule has 6 heteroatoms. The third-order valence-corrected chi connectivity index (χ3v) is 3.54. The Morgan fingerprint density at radius 3 is 2.86 bits per heavy atom. The molecule has 0 spiro atoms. The molecule has 0 aliphatic carbocycles. The van der Waals surface area contributed by atoms with Gasteiger partial charge in [0.25, 0.3) is 5.91 Å². The van der Waals surface area contributed by atoms with E-state index < -0.39 is 11.8 Å². The predicted octanol–water partition coefficient (Wildman–Crippen LogP) is 1.91. The quantitative estimate of drug-likeness (QED) is 0.938. The van der Waals surface area contributed by atoms with Crippen LogP contribution < -0.4 is 4.90 Å². The first kappa shape index (κ1) is 13.4. The van der Waals surface area contributed by atoms with Crippen molar-refractivity contribution >= 4 is 17.6 Å². The lowest BCUT2D eigenvalue weighted by atomic mass is 10.2. The van der Waals surface area contributed by atoms with Crippen LogP contribution in [0.15, 0.2) is 36.5 Å². The number of hydrogen-bond acceptors (Lipinski definition) is 2. The summed E-state index contributed by atoms with van der Waals surface area (Å²) in [4.78, 5) is 24.9. The molecule has 1 aliphatic heterocycles. The van der Waals surface area contributed by atoms with E-state index in [2.05, 4.69) is 0 Å². The highest BCUT2D eigenvalue weighted by atomic mass is 19.1. The minimum absolute atomic E-state index is 0.280. The molecule has 0 bridgehead atoms. The molecule has 0 unspecified atom stereocenters. The first-order valence-corrected chi connectivity index (χ1v) is 6.53. The van der Waals surface area contributed by atoms with E-state index in [1.165, 1.54) is 21.6 Å². The predicted molar refractivity (Wildman–Crippen MR) is 73.8 cm³/mol. The highest BCUT2D eigenvalue weighted by Gasteiger charge is 2.27. The Kier molecular flexibility index (Phi) is 3.21. The van der Waals surface area contributed by atoms with Gasteiger partial charge in [-0.1, -0.05) is 6.07 Å². The van der Waals surface area contributed by atoms with Gasteiger partial charge in [-0.2, -0.15) is 0 Å². The van der Waals surface area contributed by atoms with Crippen LogP contribution in [0, 0.1) is 5.82 Å². The normalized spacial score (nSPS) is 13.3. The zero-order valence-electron chi connectivity index (χ0n) is 11.1. The molecule has 0 fully saturated rings. The Bertz CT molecular complexity index is 723. The van der Waals surface area contributed by atoms with Crippen molar-refractivity contribution in [2.75, 3.05) is 11.4 Å². The number of anilines is 1. The van der Waals surface area contributed by atoms with Crippen LogP contribution >= 0.6 is 0 Å². The fourth-order valence-corrected chi connectivity index (χ4v) is 2.59. The molecule has 108 valence electrons. The Balaban J connectivity index is 1.93. The summed E-state index contributed by atoms with van der Waals surface area (Å²) in [6.45, 7) is 0.188. The molecule has 1 aliphatic rings. The molecule has 5 nitrogen and oxygen atoms in total. The number of hydrogen-bond donors (Lipinski definition) is 1. The van der Waals surface area contributed by atoms with E-state index in [9.17, 15) is 14.0 Å². The molecule has 2 heterocycles. The lowest BCUT2D eigenvalue weighted by Crippen LogP contribution is -2.31. The molecular formula is C15H13FN2O3. The lowest BCUT2D eigenvalue weighted by molar-refractivity contribution is -0.137. The number of carboxylic acid groups (broad SMARTS) is 1. The average Bonchev–Trinajstić information content (AvgIpc) is 3.03. The minimum atomic E-state index is -1.02. The number of carboxylic acids is 1. The molecule has 0 atom stereocenters. The van der Waals surface area contributed by atoms with E-state index in [0.717, 1.165) is 5.56 Å². The second-order valence-electron chi connectivity index (χ2n) is 4.89. The van der Waals surface area contributed by atoms with Gasteiger partial charge in [0, 0.05) is 12.7 Å². The van der Waals surface area contributed by atoms with Crippen LogP contribution in [0.3, 0.4) is 0 Å². The van der Waals surface area contributed by atoms with Gasteiger partial charge in [-0.25, -0.2) is 4.39 Å². The van der Waals surface area contributed by atoms with Crippen molar-refractivity contribution < 1.29 is 19.1 Å². The summed E-state index contributed by atoms with van der Waals surface area (Å²) in [5.41, 5.74) is 1.76. The smallest absolute Gasteiger partial charge is 0.323 e. The number of benzene rings is 1. The molecule has 3 rings (SSSR count). The second-order valence-corrected chi connectivity index (χ2v) is 4.89. The van der Waals surface area contributed by atoms with Crippen molar-refractivity contribution in [2.24, 2.45) is 0 Å². The van der Waals surface area contributed by atoms with Crippen LogP contribution in [0.25, 0.3) is 0 Å². The number of fused-ring (bicyclic) bond motifs is 1. The fourth-order valence-electron chi connectivity index (χ4n) is 2.59. The highest BCUT2D eigenvalue weighted by molar-refractivity contribution is 6.06. The zero-order chi connectivity index (χ0) is 15.0. The number of halogens is 1. The van der Waals surface area contributed by atoms with Gasteiger partial charge in [-0.15, -0.1) is 0 Å². The van der Waals surface area contributed by atoms with E-state index in [0.29, 0.717) is 18.7 Å². The van der Waals surface area contributed by atoms with E-state index >= 15 is 0 Å². The van der Waals surface area contributed by atoms with Gasteiger partial charge in [0.15, 0.2) is 0 Å². The standard InChI is InChI=1S/C15H13FN2O3/c16-11-4-3-10-5-7-18(13(10)8-11)15(21)12-2-1-6-17(12)9-14(19)20/h1-4,6,8H,5,7,9H2,(H,19,20). The van der Waals surface area contributed by atoms with Crippen molar-refractivity contribution in [3.63, 3.8) is 0 Å². The Labute approximate surface area is 120 Å². The molecule has 2 aromatic rings. The summed E-state index contributed by atoms with van der Waals surface area (Å²) in [7, 11) is 0. The summed E-state index contributed by atoms with van der Waals surface area (Å²) in [6.07, 6.45) is 2.21. The molecule has 0 saturated heterocycles. The van der Waals surface area contributed by atoms with Crippen LogP contribution in [0.2, 0.25) is 0 Å². The van der Waals surface area contributed by atoms with Gasteiger partial charge in [0.05, 0.1) is 5.69 Å². The number of carbonyl (C=O) groups excluding carboxylic acids is 1. The van der Waals surface area contributed by atoms with Crippen molar-refractivity contribution in [1.82, 2.24) is 4.57 Å². The molecule has 1 aromatic heterocycles. The summed E-state index contributed by atoms with van der Waals surface area (Å²) in [5, 5.41) is 8.86. The highest BCUT2D eigenvalue weighted by Crippen LogP contribution is 2.30. The fraction of sp³-hybridized carbons (Fsp3) is 0.200. The van der Waals surface area contributed by atoms with Crippen LogP contribution in [0.5, 0.6) is 0 Å². The van der Waals surface area contributed by atoms with E-state index in [1.54, 1.807) is 24.4 Å². The maximum atomic E-state index is 13.4. The summed E-state index contributed by atoms with van der Waals surface area (Å²) in [5.74, 6) is -1.73. The topological polar surface area (TPSA) is 62.5 Å². The molecule has 1 N–H and O–H groups in total. The first-order chi connectivity index (χ1) is 10.1. The summed E-state index contributed by atoms with van der Waals surface area (Å²) >= 11 is 0.